The summed E-state index contributed by atoms with van der Waals surface area (Å²) in [6, 6.07) is 11.6. The van der Waals surface area contributed by atoms with Crippen molar-refractivity contribution in [3.05, 3.63) is 64.0 Å². The topological polar surface area (TPSA) is 112 Å². The summed E-state index contributed by atoms with van der Waals surface area (Å²) in [5.74, 6) is -0.292. The van der Waals surface area contributed by atoms with E-state index in [0.717, 1.165) is 11.3 Å². The number of thiophene rings is 1. The minimum absolute atomic E-state index is 0.103. The average Bonchev–Trinajstić information content (AvgIpc) is 3.18. The molecule has 2 amide bonds. The highest BCUT2D eigenvalue weighted by Gasteiger charge is 2.27. The standard InChI is InChI=1S/C24H24N2O7S/c1-13-19(24(29)33-5)23(26-21(27)14-10-11-17(31-3)18(12-14)32-4)34-20(13)22(28)25-15-8-6-7-9-16(15)30-2/h6-12H,1-5H3,(H,25,28)(H,26,27). The van der Waals surface area contributed by atoms with Gasteiger partial charge in [0.15, 0.2) is 11.5 Å². The molecule has 0 bridgehead atoms. The van der Waals surface area contributed by atoms with E-state index in [1.165, 1.54) is 34.5 Å². The first kappa shape index (κ1) is 24.6. The van der Waals surface area contributed by atoms with Crippen LogP contribution in [0.5, 0.6) is 17.2 Å². The molecule has 2 aromatic carbocycles. The van der Waals surface area contributed by atoms with Gasteiger partial charge in [-0.05, 0) is 42.8 Å². The van der Waals surface area contributed by atoms with Crippen LogP contribution in [0.15, 0.2) is 42.5 Å². The lowest BCUT2D eigenvalue weighted by Crippen LogP contribution is -2.14. The molecule has 10 heteroatoms. The highest BCUT2D eigenvalue weighted by Crippen LogP contribution is 2.36. The minimum Gasteiger partial charge on any atom is -0.495 e. The molecule has 1 heterocycles. The van der Waals surface area contributed by atoms with Crippen LogP contribution in [0.25, 0.3) is 0 Å². The number of rotatable bonds is 8. The number of para-hydroxylation sites is 2. The van der Waals surface area contributed by atoms with Crippen molar-refractivity contribution in [1.82, 2.24) is 0 Å². The van der Waals surface area contributed by atoms with Crippen LogP contribution in [0.4, 0.5) is 10.7 Å². The van der Waals surface area contributed by atoms with Crippen LogP contribution < -0.4 is 24.8 Å². The largest absolute Gasteiger partial charge is 0.495 e. The van der Waals surface area contributed by atoms with Gasteiger partial charge >= 0.3 is 5.97 Å². The van der Waals surface area contributed by atoms with Crippen LogP contribution >= 0.6 is 11.3 Å². The Morgan fingerprint density at radius 3 is 2.12 bits per heavy atom. The molecule has 0 aliphatic rings. The molecule has 34 heavy (non-hydrogen) atoms. The molecule has 0 saturated heterocycles. The Morgan fingerprint density at radius 2 is 1.47 bits per heavy atom. The Labute approximate surface area is 200 Å². The van der Waals surface area contributed by atoms with Crippen molar-refractivity contribution in [2.45, 2.75) is 6.92 Å². The number of esters is 1. The van der Waals surface area contributed by atoms with Gasteiger partial charge in [-0.1, -0.05) is 12.1 Å². The molecule has 0 unspecified atom stereocenters. The van der Waals surface area contributed by atoms with Crippen LogP contribution in [-0.2, 0) is 4.74 Å². The van der Waals surface area contributed by atoms with Crippen molar-refractivity contribution < 1.29 is 33.3 Å². The molecule has 0 aliphatic heterocycles. The number of hydrogen-bond donors (Lipinski definition) is 2. The van der Waals surface area contributed by atoms with E-state index in [-0.39, 0.29) is 21.0 Å². The normalized spacial score (nSPS) is 10.3. The number of hydrogen-bond acceptors (Lipinski definition) is 8. The van der Waals surface area contributed by atoms with Gasteiger partial charge in [0, 0.05) is 5.56 Å². The smallest absolute Gasteiger partial charge is 0.341 e. The fourth-order valence-corrected chi connectivity index (χ4v) is 4.33. The van der Waals surface area contributed by atoms with E-state index in [2.05, 4.69) is 10.6 Å². The van der Waals surface area contributed by atoms with Gasteiger partial charge in [-0.3, -0.25) is 9.59 Å². The number of carbonyl (C=O) groups is 3. The molecule has 0 radical (unpaired) electrons. The van der Waals surface area contributed by atoms with Gasteiger partial charge in [0.2, 0.25) is 0 Å². The zero-order valence-corrected chi connectivity index (χ0v) is 20.1. The Kier molecular flexibility index (Phi) is 7.75. The lowest BCUT2D eigenvalue weighted by Gasteiger charge is -2.10. The van der Waals surface area contributed by atoms with Gasteiger partial charge in [0.05, 0.1) is 44.6 Å². The first-order chi connectivity index (χ1) is 16.3. The Morgan fingerprint density at radius 1 is 0.794 bits per heavy atom. The summed E-state index contributed by atoms with van der Waals surface area (Å²) >= 11 is 0.970. The third-order valence-electron chi connectivity index (χ3n) is 4.97. The Bertz CT molecular complexity index is 1240. The van der Waals surface area contributed by atoms with Crippen LogP contribution in [0.1, 0.15) is 36.0 Å². The van der Waals surface area contributed by atoms with Gasteiger partial charge in [-0.25, -0.2) is 4.79 Å². The first-order valence-electron chi connectivity index (χ1n) is 10.0. The monoisotopic (exact) mass is 484 g/mol. The minimum atomic E-state index is -0.673. The van der Waals surface area contributed by atoms with Crippen molar-refractivity contribution in [1.29, 1.82) is 0 Å². The molecular formula is C24H24N2O7S. The summed E-state index contributed by atoms with van der Waals surface area (Å²) in [7, 11) is 5.68. The zero-order valence-electron chi connectivity index (χ0n) is 19.3. The maximum Gasteiger partial charge on any atom is 0.341 e. The molecule has 0 aliphatic carbocycles. The van der Waals surface area contributed by atoms with Gasteiger partial charge in [-0.15, -0.1) is 11.3 Å². The lowest BCUT2D eigenvalue weighted by atomic mass is 10.1. The number of benzene rings is 2. The number of carbonyl (C=O) groups excluding carboxylic acids is 3. The maximum atomic E-state index is 13.0. The van der Waals surface area contributed by atoms with Gasteiger partial charge < -0.3 is 29.6 Å². The second kappa shape index (κ2) is 10.7. The van der Waals surface area contributed by atoms with Crippen molar-refractivity contribution in [2.75, 3.05) is 39.1 Å². The summed E-state index contributed by atoms with van der Waals surface area (Å²) in [5, 5.41) is 5.68. The molecule has 3 aromatic rings. The van der Waals surface area contributed by atoms with Crippen molar-refractivity contribution in [3.8, 4) is 17.2 Å². The van der Waals surface area contributed by atoms with Crippen LogP contribution in [0, 0.1) is 6.92 Å². The molecule has 0 fully saturated rings. The van der Waals surface area contributed by atoms with E-state index in [1.54, 1.807) is 43.3 Å². The highest BCUT2D eigenvalue weighted by atomic mass is 32.1. The quantitative estimate of drug-likeness (QED) is 0.457. The van der Waals surface area contributed by atoms with E-state index < -0.39 is 17.8 Å². The molecule has 0 saturated carbocycles. The van der Waals surface area contributed by atoms with Crippen molar-refractivity contribution in [2.24, 2.45) is 0 Å². The maximum absolute atomic E-state index is 13.0. The zero-order chi connectivity index (χ0) is 24.8. The van der Waals surface area contributed by atoms with Crippen LogP contribution in [0.3, 0.4) is 0 Å². The fraction of sp³-hybridized carbons (Fsp3) is 0.208. The molecule has 2 N–H and O–H groups in total. The van der Waals surface area contributed by atoms with Crippen LogP contribution in [0.2, 0.25) is 0 Å². The van der Waals surface area contributed by atoms with Gasteiger partial charge in [0.1, 0.15) is 10.8 Å². The highest BCUT2D eigenvalue weighted by molar-refractivity contribution is 7.19. The molecule has 1 aromatic heterocycles. The third-order valence-corrected chi connectivity index (χ3v) is 6.18. The van der Waals surface area contributed by atoms with E-state index in [4.69, 9.17) is 18.9 Å². The number of ether oxygens (including phenoxy) is 4. The Balaban J connectivity index is 1.95. The second-order valence-corrected chi connectivity index (χ2v) is 7.95. The summed E-state index contributed by atoms with van der Waals surface area (Å²) in [4.78, 5) is 38.7. The van der Waals surface area contributed by atoms with E-state index in [0.29, 0.717) is 28.5 Å². The first-order valence-corrected chi connectivity index (χ1v) is 10.9. The summed E-state index contributed by atoms with van der Waals surface area (Å²) in [6.07, 6.45) is 0. The van der Waals surface area contributed by atoms with Crippen LogP contribution in [-0.4, -0.2) is 46.2 Å². The predicted molar refractivity (Wildman–Crippen MR) is 129 cm³/mol. The third kappa shape index (κ3) is 4.96. The van der Waals surface area contributed by atoms with E-state index in [1.807, 2.05) is 0 Å². The van der Waals surface area contributed by atoms with Gasteiger partial charge in [0.25, 0.3) is 11.8 Å². The molecule has 3 rings (SSSR count). The van der Waals surface area contributed by atoms with Crippen molar-refractivity contribution >= 4 is 39.8 Å². The average molecular weight is 485 g/mol. The number of nitrogens with one attached hydrogen (secondary N) is 2. The number of anilines is 2. The lowest BCUT2D eigenvalue weighted by molar-refractivity contribution is 0.0601. The second-order valence-electron chi connectivity index (χ2n) is 6.93. The number of methoxy groups -OCH3 is 4. The molecule has 178 valence electrons. The van der Waals surface area contributed by atoms with Gasteiger partial charge in [-0.2, -0.15) is 0 Å². The number of amides is 2. The fourth-order valence-electron chi connectivity index (χ4n) is 3.25. The van der Waals surface area contributed by atoms with Crippen molar-refractivity contribution in [3.63, 3.8) is 0 Å². The summed E-state index contributed by atoms with van der Waals surface area (Å²) in [5.41, 5.74) is 1.23. The summed E-state index contributed by atoms with van der Waals surface area (Å²) in [6.45, 7) is 1.62. The SMILES string of the molecule is COC(=O)c1c(NC(=O)c2ccc(OC)c(OC)c2)sc(C(=O)Nc2ccccc2OC)c1C. The molecule has 0 spiro atoms. The predicted octanol–water partition coefficient (Wildman–Crippen LogP) is 4.37. The molecular weight excluding hydrogens is 460 g/mol. The Hall–Kier alpha value is -4.05. The molecule has 0 atom stereocenters. The van der Waals surface area contributed by atoms with E-state index >= 15 is 0 Å². The van der Waals surface area contributed by atoms with E-state index in [9.17, 15) is 14.4 Å². The summed E-state index contributed by atoms with van der Waals surface area (Å²) < 4.78 is 20.6. The molecule has 9 nitrogen and oxygen atoms in total.